The highest BCUT2D eigenvalue weighted by Gasteiger charge is 2.19. The molecule has 1 atom stereocenters. The van der Waals surface area contributed by atoms with Gasteiger partial charge in [0, 0.05) is 11.9 Å². The molecule has 6 nitrogen and oxygen atoms in total. The zero-order valence-electron chi connectivity index (χ0n) is 15.1. The van der Waals surface area contributed by atoms with Crippen LogP contribution in [-0.4, -0.2) is 30.1 Å². The van der Waals surface area contributed by atoms with Crippen LogP contribution >= 0.6 is 0 Å². The second-order valence-electron chi connectivity index (χ2n) is 6.00. The monoisotopic (exact) mass is 364 g/mol. The lowest BCUT2D eigenvalue weighted by molar-refractivity contribution is -0.129. The molecule has 2 aromatic carbocycles. The Hall–Kier alpha value is -3.41. The summed E-state index contributed by atoms with van der Waals surface area (Å²) >= 11 is 0. The van der Waals surface area contributed by atoms with E-state index >= 15 is 0 Å². The van der Waals surface area contributed by atoms with Gasteiger partial charge in [-0.2, -0.15) is 0 Å². The van der Waals surface area contributed by atoms with Gasteiger partial charge in [0.25, 0.3) is 5.91 Å². The van der Waals surface area contributed by atoms with Crippen LogP contribution in [0.5, 0.6) is 5.75 Å². The molecule has 1 heterocycles. The largest absolute Gasteiger partial charge is 0.497 e. The second kappa shape index (κ2) is 8.31. The van der Waals surface area contributed by atoms with Crippen LogP contribution in [0.25, 0.3) is 10.9 Å². The van der Waals surface area contributed by atoms with E-state index in [1.54, 1.807) is 19.2 Å². The molecule has 0 saturated heterocycles. The van der Waals surface area contributed by atoms with Gasteiger partial charge in [0.2, 0.25) is 0 Å². The predicted octanol–water partition coefficient (Wildman–Crippen LogP) is 3.11. The zero-order chi connectivity index (χ0) is 19.2. The van der Waals surface area contributed by atoms with E-state index in [2.05, 4.69) is 10.3 Å². The summed E-state index contributed by atoms with van der Waals surface area (Å²) in [4.78, 5) is 28.7. The molecule has 0 unspecified atom stereocenters. The molecule has 27 heavy (non-hydrogen) atoms. The van der Waals surface area contributed by atoms with E-state index in [4.69, 9.17) is 9.47 Å². The minimum atomic E-state index is -0.927. The molecular weight excluding hydrogens is 344 g/mol. The zero-order valence-corrected chi connectivity index (χ0v) is 15.1. The van der Waals surface area contributed by atoms with Gasteiger partial charge in [0.05, 0.1) is 12.6 Å². The fraction of sp³-hybridized carbons (Fsp3) is 0.190. The van der Waals surface area contributed by atoms with Crippen molar-refractivity contribution in [3.63, 3.8) is 0 Å². The van der Waals surface area contributed by atoms with E-state index in [9.17, 15) is 9.59 Å². The van der Waals surface area contributed by atoms with Crippen LogP contribution in [0, 0.1) is 0 Å². The fourth-order valence-electron chi connectivity index (χ4n) is 2.53. The number of fused-ring (bicyclic) bond motifs is 1. The molecule has 0 aliphatic carbocycles. The minimum absolute atomic E-state index is 0.170. The number of pyridine rings is 1. The topological polar surface area (TPSA) is 77.5 Å². The number of amides is 1. The van der Waals surface area contributed by atoms with Crippen molar-refractivity contribution in [2.24, 2.45) is 0 Å². The van der Waals surface area contributed by atoms with Crippen molar-refractivity contribution in [1.29, 1.82) is 0 Å². The second-order valence-corrected chi connectivity index (χ2v) is 6.00. The third kappa shape index (κ3) is 4.61. The molecular formula is C21H20N2O4. The summed E-state index contributed by atoms with van der Waals surface area (Å²) in [6.07, 6.45) is -0.927. The number of nitrogens with one attached hydrogen (secondary N) is 1. The standard InChI is InChI=1S/C21H20N2O4/c1-14(20(24)22-13-15-7-10-17(26-2)11-8-15)27-21(25)19-12-9-16-5-3-4-6-18(16)23-19/h3-12,14H,13H2,1-2H3,(H,22,24)/t14-/m1/s1. The van der Waals surface area contributed by atoms with Crippen LogP contribution in [-0.2, 0) is 16.1 Å². The van der Waals surface area contributed by atoms with Crippen LogP contribution < -0.4 is 10.1 Å². The summed E-state index contributed by atoms with van der Waals surface area (Å²) in [6, 6.07) is 18.2. The maximum atomic E-state index is 12.3. The number of rotatable bonds is 6. The first kappa shape index (κ1) is 18.4. The van der Waals surface area contributed by atoms with Crippen molar-refractivity contribution in [1.82, 2.24) is 10.3 Å². The van der Waals surface area contributed by atoms with Gasteiger partial charge >= 0.3 is 5.97 Å². The van der Waals surface area contributed by atoms with E-state index in [0.29, 0.717) is 12.1 Å². The maximum absolute atomic E-state index is 12.3. The van der Waals surface area contributed by atoms with Crippen molar-refractivity contribution >= 4 is 22.8 Å². The van der Waals surface area contributed by atoms with Gasteiger partial charge < -0.3 is 14.8 Å². The lowest BCUT2D eigenvalue weighted by Gasteiger charge is -2.13. The van der Waals surface area contributed by atoms with Crippen LogP contribution in [0.3, 0.4) is 0 Å². The first-order valence-electron chi connectivity index (χ1n) is 8.54. The molecule has 0 aliphatic rings. The average molecular weight is 364 g/mol. The van der Waals surface area contributed by atoms with Gasteiger partial charge in [0.1, 0.15) is 11.4 Å². The van der Waals surface area contributed by atoms with Crippen molar-refractivity contribution < 1.29 is 19.1 Å². The van der Waals surface area contributed by atoms with E-state index in [1.165, 1.54) is 6.92 Å². The molecule has 3 aromatic rings. The van der Waals surface area contributed by atoms with Crippen LogP contribution in [0.1, 0.15) is 23.0 Å². The summed E-state index contributed by atoms with van der Waals surface area (Å²) in [5, 5.41) is 3.68. The Labute approximate surface area is 157 Å². The highest BCUT2D eigenvalue weighted by Crippen LogP contribution is 2.13. The Morgan fingerprint density at radius 3 is 2.52 bits per heavy atom. The molecule has 0 bridgehead atoms. The minimum Gasteiger partial charge on any atom is -0.497 e. The third-order valence-corrected chi connectivity index (χ3v) is 4.09. The summed E-state index contributed by atoms with van der Waals surface area (Å²) in [5.74, 6) is -0.261. The fourth-order valence-corrected chi connectivity index (χ4v) is 2.53. The van der Waals surface area contributed by atoms with Crippen LogP contribution in [0.4, 0.5) is 0 Å². The number of carbonyl (C=O) groups excluding carboxylic acids is 2. The van der Waals surface area contributed by atoms with Gasteiger partial charge in [-0.15, -0.1) is 0 Å². The molecule has 1 amide bonds. The quantitative estimate of drug-likeness (QED) is 0.680. The number of hydrogen-bond donors (Lipinski definition) is 1. The first-order valence-corrected chi connectivity index (χ1v) is 8.54. The van der Waals surface area contributed by atoms with Crippen LogP contribution in [0.15, 0.2) is 60.7 Å². The van der Waals surface area contributed by atoms with E-state index < -0.39 is 12.1 Å². The number of methoxy groups -OCH3 is 1. The molecule has 3 rings (SSSR count). The SMILES string of the molecule is COc1ccc(CNC(=O)[C@@H](C)OC(=O)c2ccc3ccccc3n2)cc1. The van der Waals surface area contributed by atoms with Crippen molar-refractivity contribution in [2.75, 3.05) is 7.11 Å². The predicted molar refractivity (Wildman–Crippen MR) is 101 cm³/mol. The number of esters is 1. The molecule has 0 aliphatic heterocycles. The smallest absolute Gasteiger partial charge is 0.357 e. The summed E-state index contributed by atoms with van der Waals surface area (Å²) in [5.41, 5.74) is 1.78. The molecule has 0 spiro atoms. The summed E-state index contributed by atoms with van der Waals surface area (Å²) in [7, 11) is 1.59. The Morgan fingerprint density at radius 1 is 1.04 bits per heavy atom. The lowest BCUT2D eigenvalue weighted by Crippen LogP contribution is -2.35. The highest BCUT2D eigenvalue weighted by molar-refractivity contribution is 5.93. The molecule has 138 valence electrons. The third-order valence-electron chi connectivity index (χ3n) is 4.09. The van der Waals surface area contributed by atoms with Crippen molar-refractivity contribution in [3.8, 4) is 5.75 Å². The summed E-state index contributed by atoms with van der Waals surface area (Å²) < 4.78 is 10.3. The molecule has 0 radical (unpaired) electrons. The van der Waals surface area contributed by atoms with Gasteiger partial charge in [-0.1, -0.05) is 36.4 Å². The number of aromatic nitrogens is 1. The van der Waals surface area contributed by atoms with Gasteiger partial charge in [0.15, 0.2) is 6.10 Å². The molecule has 1 N–H and O–H groups in total. The van der Waals surface area contributed by atoms with Gasteiger partial charge in [-0.25, -0.2) is 9.78 Å². The Bertz CT molecular complexity index is 954. The maximum Gasteiger partial charge on any atom is 0.357 e. The van der Waals surface area contributed by atoms with Gasteiger partial charge in [-0.05, 0) is 36.8 Å². The van der Waals surface area contributed by atoms with Gasteiger partial charge in [-0.3, -0.25) is 4.79 Å². The first-order chi connectivity index (χ1) is 13.1. The van der Waals surface area contributed by atoms with Crippen LogP contribution in [0.2, 0.25) is 0 Å². The lowest BCUT2D eigenvalue weighted by atomic mass is 10.2. The van der Waals surface area contributed by atoms with Crippen molar-refractivity contribution in [2.45, 2.75) is 19.6 Å². The van der Waals surface area contributed by atoms with E-state index in [-0.39, 0.29) is 11.6 Å². The van der Waals surface area contributed by atoms with E-state index in [0.717, 1.165) is 16.7 Å². The summed E-state index contributed by atoms with van der Waals surface area (Å²) in [6.45, 7) is 1.86. The van der Waals surface area contributed by atoms with Crippen molar-refractivity contribution in [3.05, 3.63) is 71.9 Å². The Balaban J connectivity index is 1.56. The molecule has 1 aromatic heterocycles. The Kier molecular flexibility index (Phi) is 5.66. The number of ether oxygens (including phenoxy) is 2. The number of nitrogens with zero attached hydrogens (tertiary/aromatic N) is 1. The number of benzene rings is 2. The average Bonchev–Trinajstić information content (AvgIpc) is 2.71. The highest BCUT2D eigenvalue weighted by atomic mass is 16.5. The molecule has 6 heteroatoms. The normalized spacial score (nSPS) is 11.6. The number of hydrogen-bond acceptors (Lipinski definition) is 5. The molecule has 0 fully saturated rings. The Morgan fingerprint density at radius 2 is 1.78 bits per heavy atom. The number of carbonyl (C=O) groups is 2. The number of para-hydroxylation sites is 1. The van der Waals surface area contributed by atoms with E-state index in [1.807, 2.05) is 48.5 Å². The molecule has 0 saturated carbocycles.